The van der Waals surface area contributed by atoms with Crippen LogP contribution in [0.1, 0.15) is 24.1 Å². The molecule has 2 aromatic rings. The number of likely N-dealkylation sites (tertiary alicyclic amines) is 1. The highest BCUT2D eigenvalue weighted by atomic mass is 15.3. The highest BCUT2D eigenvalue weighted by Gasteiger charge is 2.17. The third kappa shape index (κ3) is 4.04. The zero-order chi connectivity index (χ0) is 16.8. The molecule has 1 aliphatic heterocycles. The summed E-state index contributed by atoms with van der Waals surface area (Å²) in [6.45, 7) is 2.75. The first-order chi connectivity index (χ1) is 11.8. The molecule has 3 rings (SSSR count). The van der Waals surface area contributed by atoms with E-state index in [1.54, 1.807) is 0 Å². The van der Waals surface area contributed by atoms with E-state index in [0.717, 1.165) is 44.1 Å². The van der Waals surface area contributed by atoms with E-state index in [4.69, 9.17) is 0 Å². The molecule has 0 saturated carbocycles. The molecule has 126 valence electrons. The van der Waals surface area contributed by atoms with Gasteiger partial charge in [0.15, 0.2) is 5.96 Å². The molecule has 1 N–H and O–H groups in total. The van der Waals surface area contributed by atoms with E-state index >= 15 is 0 Å². The van der Waals surface area contributed by atoms with Crippen molar-refractivity contribution in [1.82, 2.24) is 20.0 Å². The molecule has 0 amide bonds. The standard InChI is InChI=1S/C19H25N5/c1-20-19(21-15-18-8-11-22-23(18)2)24-12-9-17(10-13-24)14-16-6-4-3-5-7-16/h3-8,11,14H,9-10,12-13,15H2,1-2H3,(H,20,21). The van der Waals surface area contributed by atoms with E-state index in [1.165, 1.54) is 11.1 Å². The third-order valence-corrected chi connectivity index (χ3v) is 4.44. The van der Waals surface area contributed by atoms with Gasteiger partial charge >= 0.3 is 0 Å². The van der Waals surface area contributed by atoms with E-state index in [2.05, 4.69) is 56.7 Å². The average molecular weight is 323 g/mol. The molecule has 0 spiro atoms. The number of guanidine groups is 1. The maximum Gasteiger partial charge on any atom is 0.193 e. The summed E-state index contributed by atoms with van der Waals surface area (Å²) in [5.41, 5.74) is 3.96. The molecule has 5 heteroatoms. The Labute approximate surface area is 143 Å². The van der Waals surface area contributed by atoms with Crippen molar-refractivity contribution in [2.24, 2.45) is 12.0 Å². The van der Waals surface area contributed by atoms with Crippen LogP contribution in [0, 0.1) is 0 Å². The fourth-order valence-electron chi connectivity index (χ4n) is 3.01. The molecule has 0 unspecified atom stereocenters. The maximum atomic E-state index is 4.43. The molecule has 1 aromatic heterocycles. The number of hydrogen-bond acceptors (Lipinski definition) is 2. The van der Waals surface area contributed by atoms with Gasteiger partial charge < -0.3 is 10.2 Å². The fraction of sp³-hybridized carbons (Fsp3) is 0.368. The maximum absolute atomic E-state index is 4.43. The monoisotopic (exact) mass is 323 g/mol. The van der Waals surface area contributed by atoms with Gasteiger partial charge in [-0.15, -0.1) is 0 Å². The van der Waals surface area contributed by atoms with Crippen LogP contribution >= 0.6 is 0 Å². The van der Waals surface area contributed by atoms with E-state index < -0.39 is 0 Å². The predicted octanol–water partition coefficient (Wildman–Crippen LogP) is 2.67. The SMILES string of the molecule is CN=C(NCc1ccnn1C)N1CCC(=Cc2ccccc2)CC1. The van der Waals surface area contributed by atoms with Gasteiger partial charge in [-0.1, -0.05) is 42.0 Å². The summed E-state index contributed by atoms with van der Waals surface area (Å²) in [5.74, 6) is 0.968. The van der Waals surface area contributed by atoms with Gasteiger partial charge in [0.25, 0.3) is 0 Å². The van der Waals surface area contributed by atoms with Crippen LogP contribution in [0.25, 0.3) is 6.08 Å². The molecule has 1 aromatic carbocycles. The number of rotatable bonds is 3. The van der Waals surface area contributed by atoms with Crippen LogP contribution in [-0.2, 0) is 13.6 Å². The lowest BCUT2D eigenvalue weighted by atomic mass is 10.0. The molecule has 0 radical (unpaired) electrons. The van der Waals surface area contributed by atoms with Crippen LogP contribution in [0.3, 0.4) is 0 Å². The number of aromatic nitrogens is 2. The van der Waals surface area contributed by atoms with Crippen molar-refractivity contribution in [1.29, 1.82) is 0 Å². The molecule has 0 bridgehead atoms. The van der Waals surface area contributed by atoms with Crippen LogP contribution in [0.15, 0.2) is 53.2 Å². The Kier molecular flexibility index (Phi) is 5.31. The Hall–Kier alpha value is -2.56. The summed E-state index contributed by atoms with van der Waals surface area (Å²) in [6, 6.07) is 12.6. The zero-order valence-electron chi connectivity index (χ0n) is 14.4. The second-order valence-corrected chi connectivity index (χ2v) is 6.05. The van der Waals surface area contributed by atoms with E-state index in [0.29, 0.717) is 0 Å². The van der Waals surface area contributed by atoms with Gasteiger partial charge in [-0.05, 0) is 24.5 Å². The van der Waals surface area contributed by atoms with Gasteiger partial charge in [-0.2, -0.15) is 5.10 Å². The summed E-state index contributed by atoms with van der Waals surface area (Å²) in [6.07, 6.45) is 6.31. The number of hydrogen-bond donors (Lipinski definition) is 1. The number of aliphatic imine (C=N–C) groups is 1. The van der Waals surface area contributed by atoms with Crippen molar-refractivity contribution in [2.45, 2.75) is 19.4 Å². The number of piperidine rings is 1. The van der Waals surface area contributed by atoms with Gasteiger partial charge in [-0.3, -0.25) is 9.67 Å². The average Bonchev–Trinajstić information content (AvgIpc) is 3.03. The first-order valence-corrected chi connectivity index (χ1v) is 8.43. The fourth-order valence-corrected chi connectivity index (χ4v) is 3.01. The number of benzene rings is 1. The molecular weight excluding hydrogens is 298 g/mol. The first-order valence-electron chi connectivity index (χ1n) is 8.43. The molecule has 1 aliphatic rings. The summed E-state index contributed by atoms with van der Waals surface area (Å²) in [7, 11) is 3.81. The summed E-state index contributed by atoms with van der Waals surface area (Å²) in [4.78, 5) is 6.76. The minimum Gasteiger partial charge on any atom is -0.351 e. The van der Waals surface area contributed by atoms with Crippen molar-refractivity contribution in [3.63, 3.8) is 0 Å². The van der Waals surface area contributed by atoms with Crippen molar-refractivity contribution in [3.05, 3.63) is 59.4 Å². The predicted molar refractivity (Wildman–Crippen MR) is 98.6 cm³/mol. The Morgan fingerprint density at radius 1 is 1.21 bits per heavy atom. The Balaban J connectivity index is 1.55. The minimum absolute atomic E-state index is 0.742. The molecule has 2 heterocycles. The Morgan fingerprint density at radius 2 is 1.96 bits per heavy atom. The van der Waals surface area contributed by atoms with Crippen molar-refractivity contribution >= 4 is 12.0 Å². The topological polar surface area (TPSA) is 45.5 Å². The van der Waals surface area contributed by atoms with Crippen molar-refractivity contribution in [3.8, 4) is 0 Å². The largest absolute Gasteiger partial charge is 0.351 e. The van der Waals surface area contributed by atoms with Crippen LogP contribution in [0.5, 0.6) is 0 Å². The molecule has 1 saturated heterocycles. The van der Waals surface area contributed by atoms with Crippen LogP contribution in [0.2, 0.25) is 0 Å². The zero-order valence-corrected chi connectivity index (χ0v) is 14.4. The number of nitrogens with zero attached hydrogens (tertiary/aromatic N) is 4. The number of aryl methyl sites for hydroxylation is 1. The molecule has 0 atom stereocenters. The highest BCUT2D eigenvalue weighted by Crippen LogP contribution is 2.19. The van der Waals surface area contributed by atoms with Gasteiger partial charge in [0.2, 0.25) is 0 Å². The number of nitrogens with one attached hydrogen (secondary N) is 1. The van der Waals surface area contributed by atoms with Gasteiger partial charge in [0.1, 0.15) is 0 Å². The minimum atomic E-state index is 0.742. The second kappa shape index (κ2) is 7.81. The molecule has 1 fully saturated rings. The van der Waals surface area contributed by atoms with Crippen LogP contribution in [-0.4, -0.2) is 40.8 Å². The van der Waals surface area contributed by atoms with Gasteiger partial charge in [0, 0.05) is 33.4 Å². The van der Waals surface area contributed by atoms with Crippen LogP contribution < -0.4 is 5.32 Å². The molecule has 5 nitrogen and oxygen atoms in total. The van der Waals surface area contributed by atoms with E-state index in [-0.39, 0.29) is 0 Å². The Bertz CT molecular complexity index is 704. The molecule has 0 aliphatic carbocycles. The molecule has 24 heavy (non-hydrogen) atoms. The summed E-state index contributed by atoms with van der Waals surface area (Å²) >= 11 is 0. The quantitative estimate of drug-likeness (QED) is 0.698. The first kappa shape index (κ1) is 16.3. The lowest BCUT2D eigenvalue weighted by Gasteiger charge is -2.31. The van der Waals surface area contributed by atoms with E-state index in [1.807, 2.05) is 31.0 Å². The van der Waals surface area contributed by atoms with E-state index in [9.17, 15) is 0 Å². The lowest BCUT2D eigenvalue weighted by molar-refractivity contribution is 0.375. The van der Waals surface area contributed by atoms with Gasteiger partial charge in [-0.25, -0.2) is 0 Å². The highest BCUT2D eigenvalue weighted by molar-refractivity contribution is 5.80. The summed E-state index contributed by atoms with van der Waals surface area (Å²) < 4.78 is 1.89. The third-order valence-electron chi connectivity index (χ3n) is 4.44. The normalized spacial score (nSPS) is 15.5. The summed E-state index contributed by atoms with van der Waals surface area (Å²) in [5, 5.41) is 7.64. The van der Waals surface area contributed by atoms with Crippen LogP contribution in [0.4, 0.5) is 0 Å². The smallest absolute Gasteiger partial charge is 0.193 e. The molecular formula is C19H25N5. The van der Waals surface area contributed by atoms with Gasteiger partial charge in [0.05, 0.1) is 12.2 Å². The Morgan fingerprint density at radius 3 is 2.58 bits per heavy atom. The lowest BCUT2D eigenvalue weighted by Crippen LogP contribution is -2.44. The second-order valence-electron chi connectivity index (χ2n) is 6.05. The van der Waals surface area contributed by atoms with Crippen molar-refractivity contribution in [2.75, 3.05) is 20.1 Å². The van der Waals surface area contributed by atoms with Crippen molar-refractivity contribution < 1.29 is 0 Å².